The van der Waals surface area contributed by atoms with Crippen molar-refractivity contribution in [3.05, 3.63) is 29.3 Å². The first-order chi connectivity index (χ1) is 9.59. The topological polar surface area (TPSA) is 41.6 Å². The number of benzene rings is 1. The predicted molar refractivity (Wildman–Crippen MR) is 80.2 cm³/mol. The Morgan fingerprint density at radius 2 is 2.25 bits per heavy atom. The number of rotatable bonds is 5. The Morgan fingerprint density at radius 3 is 2.90 bits per heavy atom. The molecule has 4 nitrogen and oxygen atoms in total. The molecule has 0 bridgehead atoms. The SMILES string of the molecule is CC1NCCC1C(=O)N(C)CCOc1ccccc1Cl. The third-order valence-corrected chi connectivity index (χ3v) is 4.05. The van der Waals surface area contributed by atoms with E-state index in [-0.39, 0.29) is 17.9 Å². The molecule has 0 radical (unpaired) electrons. The van der Waals surface area contributed by atoms with E-state index in [0.717, 1.165) is 13.0 Å². The molecule has 2 unspecified atom stereocenters. The summed E-state index contributed by atoms with van der Waals surface area (Å²) in [6, 6.07) is 7.61. The molecule has 110 valence electrons. The van der Waals surface area contributed by atoms with E-state index < -0.39 is 0 Å². The summed E-state index contributed by atoms with van der Waals surface area (Å²) in [5.41, 5.74) is 0. The lowest BCUT2D eigenvalue weighted by Crippen LogP contribution is -2.39. The molecule has 1 N–H and O–H groups in total. The molecular weight excluding hydrogens is 276 g/mol. The van der Waals surface area contributed by atoms with Crippen LogP contribution in [0.1, 0.15) is 13.3 Å². The zero-order valence-corrected chi connectivity index (χ0v) is 12.7. The third-order valence-electron chi connectivity index (χ3n) is 3.74. The highest BCUT2D eigenvalue weighted by atomic mass is 35.5. The van der Waals surface area contributed by atoms with Crippen molar-refractivity contribution >= 4 is 17.5 Å². The van der Waals surface area contributed by atoms with Crippen LogP contribution in [0.15, 0.2) is 24.3 Å². The Hall–Kier alpha value is -1.26. The van der Waals surface area contributed by atoms with Gasteiger partial charge in [-0.05, 0) is 32.0 Å². The van der Waals surface area contributed by atoms with Gasteiger partial charge in [0, 0.05) is 13.1 Å². The summed E-state index contributed by atoms with van der Waals surface area (Å²) >= 11 is 6.01. The number of para-hydroxylation sites is 1. The summed E-state index contributed by atoms with van der Waals surface area (Å²) in [6.45, 7) is 3.99. The Morgan fingerprint density at radius 1 is 1.50 bits per heavy atom. The number of nitrogens with zero attached hydrogens (tertiary/aromatic N) is 1. The van der Waals surface area contributed by atoms with E-state index in [4.69, 9.17) is 16.3 Å². The highest BCUT2D eigenvalue weighted by Crippen LogP contribution is 2.23. The fourth-order valence-electron chi connectivity index (χ4n) is 2.44. The minimum absolute atomic E-state index is 0.0836. The molecule has 1 amide bonds. The van der Waals surface area contributed by atoms with E-state index in [0.29, 0.717) is 23.9 Å². The van der Waals surface area contributed by atoms with E-state index in [1.807, 2.05) is 25.2 Å². The van der Waals surface area contributed by atoms with Gasteiger partial charge in [0.15, 0.2) is 0 Å². The van der Waals surface area contributed by atoms with Crippen LogP contribution >= 0.6 is 11.6 Å². The average Bonchev–Trinajstić information content (AvgIpc) is 2.86. The van der Waals surface area contributed by atoms with Crippen molar-refractivity contribution in [1.82, 2.24) is 10.2 Å². The highest BCUT2D eigenvalue weighted by molar-refractivity contribution is 6.32. The molecule has 0 saturated carbocycles. The number of carbonyl (C=O) groups is 1. The molecule has 2 rings (SSSR count). The van der Waals surface area contributed by atoms with Gasteiger partial charge in [0.2, 0.25) is 5.91 Å². The first-order valence-electron chi connectivity index (χ1n) is 6.95. The molecule has 20 heavy (non-hydrogen) atoms. The van der Waals surface area contributed by atoms with Gasteiger partial charge in [-0.15, -0.1) is 0 Å². The highest BCUT2D eigenvalue weighted by Gasteiger charge is 2.31. The molecule has 1 aromatic rings. The summed E-state index contributed by atoms with van der Waals surface area (Å²) in [7, 11) is 1.82. The lowest BCUT2D eigenvalue weighted by atomic mass is 10.0. The van der Waals surface area contributed by atoms with Crippen LogP contribution in [-0.2, 0) is 4.79 Å². The van der Waals surface area contributed by atoms with Crippen molar-refractivity contribution in [3.63, 3.8) is 0 Å². The summed E-state index contributed by atoms with van der Waals surface area (Å²) in [6.07, 6.45) is 0.912. The molecule has 2 atom stereocenters. The van der Waals surface area contributed by atoms with Crippen molar-refractivity contribution in [1.29, 1.82) is 0 Å². The molecule has 1 heterocycles. The number of amides is 1. The number of hydrogen-bond donors (Lipinski definition) is 1. The van der Waals surface area contributed by atoms with Gasteiger partial charge in [0.25, 0.3) is 0 Å². The van der Waals surface area contributed by atoms with Gasteiger partial charge >= 0.3 is 0 Å². The second-order valence-electron chi connectivity index (χ2n) is 5.18. The first-order valence-corrected chi connectivity index (χ1v) is 7.33. The Labute approximate surface area is 125 Å². The van der Waals surface area contributed by atoms with Crippen molar-refractivity contribution in [2.24, 2.45) is 5.92 Å². The zero-order valence-electron chi connectivity index (χ0n) is 11.9. The maximum Gasteiger partial charge on any atom is 0.227 e. The van der Waals surface area contributed by atoms with Crippen LogP contribution < -0.4 is 10.1 Å². The fraction of sp³-hybridized carbons (Fsp3) is 0.533. The molecular formula is C15H21ClN2O2. The lowest BCUT2D eigenvalue weighted by Gasteiger charge is -2.23. The van der Waals surface area contributed by atoms with Gasteiger partial charge < -0.3 is 15.0 Å². The number of carbonyl (C=O) groups excluding carboxylic acids is 1. The molecule has 1 aromatic carbocycles. The summed E-state index contributed by atoms with van der Waals surface area (Å²) in [5, 5.41) is 3.89. The van der Waals surface area contributed by atoms with Gasteiger partial charge in [-0.2, -0.15) is 0 Å². The predicted octanol–water partition coefficient (Wildman–Crippen LogP) is 2.18. The van der Waals surface area contributed by atoms with E-state index >= 15 is 0 Å². The van der Waals surface area contributed by atoms with Crippen molar-refractivity contribution < 1.29 is 9.53 Å². The molecule has 0 aliphatic carbocycles. The third kappa shape index (κ3) is 3.64. The van der Waals surface area contributed by atoms with Crippen LogP contribution in [0.2, 0.25) is 5.02 Å². The molecule has 1 saturated heterocycles. The van der Waals surface area contributed by atoms with Crippen LogP contribution in [-0.4, -0.2) is 43.6 Å². The Balaban J connectivity index is 1.79. The minimum atomic E-state index is 0.0836. The van der Waals surface area contributed by atoms with Gasteiger partial charge in [-0.3, -0.25) is 4.79 Å². The molecule has 1 fully saturated rings. The number of nitrogens with one attached hydrogen (secondary N) is 1. The van der Waals surface area contributed by atoms with Crippen LogP contribution in [0.25, 0.3) is 0 Å². The number of likely N-dealkylation sites (N-methyl/N-ethyl adjacent to an activating group) is 1. The molecule has 0 aromatic heterocycles. The summed E-state index contributed by atoms with van der Waals surface area (Å²) in [5.74, 6) is 0.927. The van der Waals surface area contributed by atoms with Crippen LogP contribution in [0.5, 0.6) is 5.75 Å². The largest absolute Gasteiger partial charge is 0.490 e. The quantitative estimate of drug-likeness (QED) is 0.905. The van der Waals surface area contributed by atoms with Gasteiger partial charge in [0.05, 0.1) is 17.5 Å². The average molecular weight is 297 g/mol. The summed E-state index contributed by atoms with van der Waals surface area (Å²) < 4.78 is 5.61. The minimum Gasteiger partial charge on any atom is -0.490 e. The van der Waals surface area contributed by atoms with Crippen molar-refractivity contribution in [2.75, 3.05) is 26.7 Å². The van der Waals surface area contributed by atoms with Crippen molar-refractivity contribution in [3.8, 4) is 5.75 Å². The summed E-state index contributed by atoms with van der Waals surface area (Å²) in [4.78, 5) is 14.0. The zero-order chi connectivity index (χ0) is 14.5. The van der Waals surface area contributed by atoms with Gasteiger partial charge in [0.1, 0.15) is 12.4 Å². The second kappa shape index (κ2) is 6.95. The lowest BCUT2D eigenvalue weighted by molar-refractivity contribution is -0.134. The van der Waals surface area contributed by atoms with Gasteiger partial charge in [-0.25, -0.2) is 0 Å². The smallest absolute Gasteiger partial charge is 0.227 e. The van der Waals surface area contributed by atoms with E-state index in [1.54, 1.807) is 11.0 Å². The number of hydrogen-bond acceptors (Lipinski definition) is 3. The molecule has 0 spiro atoms. The van der Waals surface area contributed by atoms with Gasteiger partial charge in [-0.1, -0.05) is 23.7 Å². The molecule has 5 heteroatoms. The van der Waals surface area contributed by atoms with E-state index in [2.05, 4.69) is 12.2 Å². The van der Waals surface area contributed by atoms with E-state index in [9.17, 15) is 4.79 Å². The molecule has 1 aliphatic heterocycles. The number of ether oxygens (including phenoxy) is 1. The van der Waals surface area contributed by atoms with Crippen LogP contribution in [0.3, 0.4) is 0 Å². The van der Waals surface area contributed by atoms with Crippen LogP contribution in [0.4, 0.5) is 0 Å². The standard InChI is InChI=1S/C15H21ClN2O2/c1-11-12(7-8-17-11)15(19)18(2)9-10-20-14-6-4-3-5-13(14)16/h3-6,11-12,17H,7-10H2,1-2H3. The monoisotopic (exact) mass is 296 g/mol. The maximum atomic E-state index is 12.3. The van der Waals surface area contributed by atoms with Crippen LogP contribution in [0, 0.1) is 5.92 Å². The fourth-order valence-corrected chi connectivity index (χ4v) is 2.63. The number of halogens is 1. The second-order valence-corrected chi connectivity index (χ2v) is 5.58. The van der Waals surface area contributed by atoms with E-state index in [1.165, 1.54) is 0 Å². The normalized spacial score (nSPS) is 21.8. The Bertz CT molecular complexity index is 467. The van der Waals surface area contributed by atoms with Crippen molar-refractivity contribution in [2.45, 2.75) is 19.4 Å². The first kappa shape index (κ1) is 15.1. The Kier molecular flexibility index (Phi) is 5.26. The molecule has 1 aliphatic rings. The maximum absolute atomic E-state index is 12.3.